The highest BCUT2D eigenvalue weighted by atomic mass is 79.9. The summed E-state index contributed by atoms with van der Waals surface area (Å²) >= 11 is 3.48. The molecule has 0 saturated heterocycles. The monoisotopic (exact) mass is 315 g/mol. The summed E-state index contributed by atoms with van der Waals surface area (Å²) in [6.45, 7) is 6.72. The molecule has 18 heavy (non-hydrogen) atoms. The first-order valence-corrected chi connectivity index (χ1v) is 7.03. The predicted molar refractivity (Wildman–Crippen MR) is 78.1 cm³/mol. The summed E-state index contributed by atoms with van der Waals surface area (Å²) in [5.41, 5.74) is 0. The number of hydrogen-bond acceptors (Lipinski definition) is 3. The molecule has 1 aromatic carbocycles. The van der Waals surface area contributed by atoms with Gasteiger partial charge in [-0.2, -0.15) is 0 Å². The quantitative estimate of drug-likeness (QED) is 0.799. The Morgan fingerprint density at radius 2 is 1.94 bits per heavy atom. The van der Waals surface area contributed by atoms with Crippen molar-refractivity contribution in [2.75, 3.05) is 26.8 Å². The Labute approximate surface area is 118 Å². The SMILES string of the molecule is COCC(CNCC(C)C)Oc1ccccc1Br. The van der Waals surface area contributed by atoms with Crippen molar-refractivity contribution in [1.82, 2.24) is 5.32 Å². The molecule has 1 N–H and O–H groups in total. The Morgan fingerprint density at radius 3 is 2.56 bits per heavy atom. The van der Waals surface area contributed by atoms with Crippen molar-refractivity contribution < 1.29 is 9.47 Å². The zero-order valence-electron chi connectivity index (χ0n) is 11.3. The number of ether oxygens (including phenoxy) is 2. The highest BCUT2D eigenvalue weighted by Gasteiger charge is 2.11. The minimum absolute atomic E-state index is 0.0208. The number of nitrogens with one attached hydrogen (secondary N) is 1. The molecular weight excluding hydrogens is 294 g/mol. The number of halogens is 1. The first-order valence-electron chi connectivity index (χ1n) is 6.24. The van der Waals surface area contributed by atoms with Crippen LogP contribution in [-0.4, -0.2) is 32.9 Å². The van der Waals surface area contributed by atoms with Crippen molar-refractivity contribution in [3.8, 4) is 5.75 Å². The fourth-order valence-corrected chi connectivity index (χ4v) is 1.95. The molecule has 0 aliphatic heterocycles. The molecule has 0 aliphatic carbocycles. The van der Waals surface area contributed by atoms with Gasteiger partial charge in [-0.05, 0) is 40.5 Å². The molecule has 0 heterocycles. The van der Waals surface area contributed by atoms with Gasteiger partial charge in [-0.3, -0.25) is 0 Å². The van der Waals surface area contributed by atoms with Gasteiger partial charge in [0.15, 0.2) is 0 Å². The summed E-state index contributed by atoms with van der Waals surface area (Å²) in [5.74, 6) is 1.49. The van der Waals surface area contributed by atoms with Crippen LogP contribution < -0.4 is 10.1 Å². The molecule has 0 radical (unpaired) electrons. The second-order valence-electron chi connectivity index (χ2n) is 4.68. The molecule has 0 saturated carbocycles. The van der Waals surface area contributed by atoms with E-state index in [0.29, 0.717) is 12.5 Å². The summed E-state index contributed by atoms with van der Waals surface area (Å²) in [6, 6.07) is 7.86. The molecule has 0 spiro atoms. The molecule has 4 heteroatoms. The van der Waals surface area contributed by atoms with Crippen LogP contribution in [0.2, 0.25) is 0 Å². The highest BCUT2D eigenvalue weighted by Crippen LogP contribution is 2.24. The van der Waals surface area contributed by atoms with Gasteiger partial charge in [0.25, 0.3) is 0 Å². The average molecular weight is 316 g/mol. The maximum atomic E-state index is 5.93. The zero-order valence-corrected chi connectivity index (χ0v) is 12.9. The van der Waals surface area contributed by atoms with Gasteiger partial charge in [0.2, 0.25) is 0 Å². The van der Waals surface area contributed by atoms with Crippen molar-refractivity contribution in [3.05, 3.63) is 28.7 Å². The van der Waals surface area contributed by atoms with Gasteiger partial charge < -0.3 is 14.8 Å². The Bertz CT molecular complexity index is 344. The van der Waals surface area contributed by atoms with Crippen molar-refractivity contribution in [2.45, 2.75) is 20.0 Å². The molecule has 1 atom stereocenters. The van der Waals surface area contributed by atoms with Crippen molar-refractivity contribution >= 4 is 15.9 Å². The lowest BCUT2D eigenvalue weighted by Crippen LogP contribution is -2.36. The van der Waals surface area contributed by atoms with Crippen LogP contribution in [0.25, 0.3) is 0 Å². The van der Waals surface area contributed by atoms with Crippen LogP contribution in [-0.2, 0) is 4.74 Å². The zero-order chi connectivity index (χ0) is 13.4. The van der Waals surface area contributed by atoms with E-state index in [1.54, 1.807) is 7.11 Å². The molecule has 0 bridgehead atoms. The lowest BCUT2D eigenvalue weighted by molar-refractivity contribution is 0.0797. The third kappa shape index (κ3) is 5.85. The van der Waals surface area contributed by atoms with E-state index >= 15 is 0 Å². The standard InChI is InChI=1S/C14H22BrNO2/c1-11(2)8-16-9-12(10-17-3)18-14-7-5-4-6-13(14)15/h4-7,11-12,16H,8-10H2,1-3H3. The van der Waals surface area contributed by atoms with E-state index in [2.05, 4.69) is 35.1 Å². The Morgan fingerprint density at radius 1 is 1.22 bits per heavy atom. The summed E-state index contributed by atoms with van der Waals surface area (Å²) in [6.07, 6.45) is 0.0208. The third-order valence-electron chi connectivity index (χ3n) is 2.41. The van der Waals surface area contributed by atoms with Gasteiger partial charge >= 0.3 is 0 Å². The van der Waals surface area contributed by atoms with E-state index in [0.717, 1.165) is 23.3 Å². The number of hydrogen-bond donors (Lipinski definition) is 1. The fourth-order valence-electron chi connectivity index (χ4n) is 1.57. The van der Waals surface area contributed by atoms with E-state index in [4.69, 9.17) is 9.47 Å². The normalized spacial score (nSPS) is 12.7. The third-order valence-corrected chi connectivity index (χ3v) is 3.06. The van der Waals surface area contributed by atoms with Crippen molar-refractivity contribution in [1.29, 1.82) is 0 Å². The summed E-state index contributed by atoms with van der Waals surface area (Å²) in [4.78, 5) is 0. The summed E-state index contributed by atoms with van der Waals surface area (Å²) in [7, 11) is 1.69. The minimum Gasteiger partial charge on any atom is -0.486 e. The van der Waals surface area contributed by atoms with Crippen molar-refractivity contribution in [3.63, 3.8) is 0 Å². The molecular formula is C14H22BrNO2. The average Bonchev–Trinajstić information content (AvgIpc) is 2.32. The van der Waals surface area contributed by atoms with Gasteiger partial charge in [0.05, 0.1) is 11.1 Å². The lowest BCUT2D eigenvalue weighted by Gasteiger charge is -2.20. The van der Waals surface area contributed by atoms with E-state index in [9.17, 15) is 0 Å². The number of rotatable bonds is 8. The molecule has 1 rings (SSSR count). The fraction of sp³-hybridized carbons (Fsp3) is 0.571. The molecule has 0 fully saturated rings. The van der Waals surface area contributed by atoms with Gasteiger partial charge in [-0.25, -0.2) is 0 Å². The van der Waals surface area contributed by atoms with Crippen LogP contribution in [0.3, 0.4) is 0 Å². The van der Waals surface area contributed by atoms with Crippen LogP contribution in [0.15, 0.2) is 28.7 Å². The van der Waals surface area contributed by atoms with Crippen LogP contribution in [0.4, 0.5) is 0 Å². The van der Waals surface area contributed by atoms with Gasteiger partial charge in [0.1, 0.15) is 11.9 Å². The summed E-state index contributed by atoms with van der Waals surface area (Å²) < 4.78 is 12.1. The maximum absolute atomic E-state index is 5.93. The largest absolute Gasteiger partial charge is 0.486 e. The second-order valence-corrected chi connectivity index (χ2v) is 5.53. The van der Waals surface area contributed by atoms with E-state index in [1.165, 1.54) is 0 Å². The van der Waals surface area contributed by atoms with E-state index < -0.39 is 0 Å². The molecule has 102 valence electrons. The van der Waals surface area contributed by atoms with Gasteiger partial charge in [-0.1, -0.05) is 26.0 Å². The number of benzene rings is 1. The Hall–Kier alpha value is -0.580. The van der Waals surface area contributed by atoms with Crippen LogP contribution in [0.5, 0.6) is 5.75 Å². The van der Waals surface area contributed by atoms with Crippen LogP contribution in [0, 0.1) is 5.92 Å². The predicted octanol–water partition coefficient (Wildman–Crippen LogP) is 3.09. The van der Waals surface area contributed by atoms with Crippen LogP contribution in [0.1, 0.15) is 13.8 Å². The number of para-hydroxylation sites is 1. The molecule has 1 aromatic rings. The molecule has 0 aliphatic rings. The van der Waals surface area contributed by atoms with Crippen LogP contribution >= 0.6 is 15.9 Å². The first kappa shape index (κ1) is 15.5. The van der Waals surface area contributed by atoms with Crippen molar-refractivity contribution in [2.24, 2.45) is 5.92 Å². The van der Waals surface area contributed by atoms with E-state index in [-0.39, 0.29) is 6.10 Å². The second kappa shape index (κ2) is 8.51. The van der Waals surface area contributed by atoms with E-state index in [1.807, 2.05) is 24.3 Å². The Kier molecular flexibility index (Phi) is 7.32. The number of methoxy groups -OCH3 is 1. The topological polar surface area (TPSA) is 30.5 Å². The molecule has 0 amide bonds. The minimum atomic E-state index is 0.0208. The maximum Gasteiger partial charge on any atom is 0.134 e. The smallest absolute Gasteiger partial charge is 0.134 e. The molecule has 1 unspecified atom stereocenters. The first-order chi connectivity index (χ1) is 8.63. The van der Waals surface area contributed by atoms with Gasteiger partial charge in [-0.15, -0.1) is 0 Å². The highest BCUT2D eigenvalue weighted by molar-refractivity contribution is 9.10. The summed E-state index contributed by atoms with van der Waals surface area (Å²) in [5, 5.41) is 3.39. The lowest BCUT2D eigenvalue weighted by atomic mass is 10.2. The molecule has 0 aromatic heterocycles. The molecule has 3 nitrogen and oxygen atoms in total. The Balaban J connectivity index is 2.49. The van der Waals surface area contributed by atoms with Gasteiger partial charge in [0, 0.05) is 13.7 Å².